The lowest BCUT2D eigenvalue weighted by Gasteiger charge is -2.25. The first-order valence-corrected chi connectivity index (χ1v) is 33.4. The summed E-state index contributed by atoms with van der Waals surface area (Å²) in [4.78, 5) is 37.6. The van der Waals surface area contributed by atoms with Crippen LogP contribution in [0.15, 0.2) is 97.2 Å². The zero-order valence-corrected chi connectivity index (χ0v) is 53.2. The maximum absolute atomic E-state index is 12.9. The highest BCUT2D eigenvalue weighted by Gasteiger charge is 2.25. The number of rotatable bonds is 61. The molecule has 0 aromatic carbocycles. The summed E-state index contributed by atoms with van der Waals surface area (Å²) in [6.45, 7) is 4.77. The number of quaternary nitrogens is 1. The highest BCUT2D eigenvalue weighted by atomic mass is 16.7. The fourth-order valence-electron chi connectivity index (χ4n) is 9.27. The molecule has 0 aliphatic rings. The molecular formula is C72H126NO8+. The minimum Gasteiger partial charge on any atom is -0.477 e. The Labute approximate surface area is 499 Å². The molecule has 0 heterocycles. The zero-order chi connectivity index (χ0) is 59.1. The van der Waals surface area contributed by atoms with Crippen LogP contribution in [0.2, 0.25) is 0 Å². The van der Waals surface area contributed by atoms with Gasteiger partial charge < -0.3 is 28.5 Å². The van der Waals surface area contributed by atoms with E-state index >= 15 is 0 Å². The number of carboxylic acids is 1. The summed E-state index contributed by atoms with van der Waals surface area (Å²) in [6, 6.07) is 0. The van der Waals surface area contributed by atoms with Gasteiger partial charge in [0.25, 0.3) is 6.29 Å². The van der Waals surface area contributed by atoms with Gasteiger partial charge in [0, 0.05) is 12.8 Å². The normalized spacial score (nSPS) is 13.3. The lowest BCUT2D eigenvalue weighted by Crippen LogP contribution is -2.40. The van der Waals surface area contributed by atoms with Crippen molar-refractivity contribution in [2.45, 2.75) is 296 Å². The van der Waals surface area contributed by atoms with E-state index in [1.54, 1.807) is 0 Å². The first kappa shape index (κ1) is 77.2. The van der Waals surface area contributed by atoms with Crippen molar-refractivity contribution in [3.63, 3.8) is 0 Å². The van der Waals surface area contributed by atoms with Crippen LogP contribution in [0.25, 0.3) is 0 Å². The smallest absolute Gasteiger partial charge is 0.361 e. The minimum atomic E-state index is -1.52. The Morgan fingerprint density at radius 3 is 1.05 bits per heavy atom. The van der Waals surface area contributed by atoms with Gasteiger partial charge in [-0.3, -0.25) is 9.59 Å². The number of carbonyl (C=O) groups excluding carboxylic acids is 2. The van der Waals surface area contributed by atoms with Gasteiger partial charge >= 0.3 is 17.9 Å². The molecule has 2 atom stereocenters. The largest absolute Gasteiger partial charge is 0.477 e. The lowest BCUT2D eigenvalue weighted by atomic mass is 10.0. The number of aliphatic carboxylic acids is 1. The van der Waals surface area contributed by atoms with E-state index in [0.717, 1.165) is 109 Å². The number of unbranched alkanes of at least 4 members (excludes halogenated alkanes) is 30. The molecule has 466 valence electrons. The summed E-state index contributed by atoms with van der Waals surface area (Å²) in [5.74, 6) is -2.02. The highest BCUT2D eigenvalue weighted by Crippen LogP contribution is 2.17. The molecule has 9 nitrogen and oxygen atoms in total. The molecule has 1 N–H and O–H groups in total. The van der Waals surface area contributed by atoms with E-state index < -0.39 is 24.3 Å². The fourth-order valence-corrected chi connectivity index (χ4v) is 9.27. The lowest BCUT2D eigenvalue weighted by molar-refractivity contribution is -0.870. The van der Waals surface area contributed by atoms with E-state index in [2.05, 4.69) is 111 Å². The van der Waals surface area contributed by atoms with Crippen molar-refractivity contribution in [2.75, 3.05) is 47.5 Å². The number of hydrogen-bond donors (Lipinski definition) is 1. The van der Waals surface area contributed by atoms with Crippen LogP contribution in [0.4, 0.5) is 0 Å². The second-order valence-corrected chi connectivity index (χ2v) is 23.4. The molecule has 0 spiro atoms. The van der Waals surface area contributed by atoms with Crippen molar-refractivity contribution in [2.24, 2.45) is 0 Å². The van der Waals surface area contributed by atoms with Crippen LogP contribution >= 0.6 is 0 Å². The molecule has 0 aromatic heterocycles. The average molecular weight is 1130 g/mol. The number of hydrogen-bond acceptors (Lipinski definition) is 7. The van der Waals surface area contributed by atoms with Crippen LogP contribution in [-0.4, -0.2) is 87.4 Å². The summed E-state index contributed by atoms with van der Waals surface area (Å²) in [5.41, 5.74) is 0. The number of likely N-dealkylation sites (N-methyl/N-ethyl adjacent to an activating group) is 1. The third kappa shape index (κ3) is 63.6. The quantitative estimate of drug-likeness (QED) is 0.0211. The van der Waals surface area contributed by atoms with Gasteiger partial charge in [-0.2, -0.15) is 0 Å². The predicted octanol–water partition coefficient (Wildman–Crippen LogP) is 20.5. The topological polar surface area (TPSA) is 108 Å². The summed E-state index contributed by atoms with van der Waals surface area (Å²) >= 11 is 0. The molecule has 0 fully saturated rings. The Morgan fingerprint density at radius 1 is 0.383 bits per heavy atom. The van der Waals surface area contributed by atoms with Crippen LogP contribution in [0.5, 0.6) is 0 Å². The van der Waals surface area contributed by atoms with E-state index in [9.17, 15) is 19.5 Å². The van der Waals surface area contributed by atoms with Gasteiger partial charge in [0.2, 0.25) is 0 Å². The molecule has 0 aliphatic carbocycles. The van der Waals surface area contributed by atoms with Crippen LogP contribution in [0, 0.1) is 0 Å². The zero-order valence-electron chi connectivity index (χ0n) is 53.2. The number of ether oxygens (including phenoxy) is 4. The van der Waals surface area contributed by atoms with Crippen molar-refractivity contribution >= 4 is 17.9 Å². The molecule has 9 heteroatoms. The van der Waals surface area contributed by atoms with Crippen molar-refractivity contribution in [1.29, 1.82) is 0 Å². The molecule has 0 rings (SSSR count). The van der Waals surface area contributed by atoms with Gasteiger partial charge in [0.05, 0.1) is 34.4 Å². The molecule has 0 aromatic rings. The van der Waals surface area contributed by atoms with Crippen molar-refractivity contribution in [3.05, 3.63) is 97.2 Å². The molecular weight excluding hydrogens is 1010 g/mol. The maximum atomic E-state index is 12.9. The average Bonchev–Trinajstić information content (AvgIpc) is 3.44. The highest BCUT2D eigenvalue weighted by molar-refractivity contribution is 5.71. The molecule has 0 amide bonds. The first-order valence-electron chi connectivity index (χ1n) is 33.4. The van der Waals surface area contributed by atoms with Crippen LogP contribution in [0.1, 0.15) is 284 Å². The summed E-state index contributed by atoms with van der Waals surface area (Å²) < 4.78 is 22.9. The molecule has 0 saturated heterocycles. The molecule has 0 bridgehead atoms. The Hall–Kier alpha value is -3.79. The van der Waals surface area contributed by atoms with E-state index in [0.29, 0.717) is 23.9 Å². The SMILES string of the molecule is CC/C=C\C/C=C\C/C=C\C/C=C\C/C=C\C/C=C\C/C=C\C/C=C\CCCCCCCCC(=O)OC(COC(=O)CCCCCCCCCCCCCCCCCCCCCCCCCCC)COC(OCC[N+](C)(C)C)C(=O)O. The van der Waals surface area contributed by atoms with E-state index in [-0.39, 0.29) is 32.2 Å². The number of allylic oxidation sites excluding steroid dienone is 16. The minimum absolute atomic E-state index is 0.181. The third-order valence-electron chi connectivity index (χ3n) is 14.4. The Balaban J connectivity index is 4.21. The summed E-state index contributed by atoms with van der Waals surface area (Å²) in [5, 5.41) is 9.74. The van der Waals surface area contributed by atoms with E-state index in [4.69, 9.17) is 18.9 Å². The van der Waals surface area contributed by atoms with E-state index in [1.807, 2.05) is 21.1 Å². The van der Waals surface area contributed by atoms with Gasteiger partial charge in [-0.15, -0.1) is 0 Å². The standard InChI is InChI=1S/C72H125NO8/c1-6-8-10-12-14-16-18-20-22-24-26-28-30-32-33-34-35-36-37-39-41-43-45-47-49-51-53-55-57-59-61-63-70(75)81-68(67-80-72(71(76)77)78-65-64-73(3,4)5)66-79-69(74)62-60-58-56-54-52-50-48-46-44-42-40-38-31-29-27-25-23-21-19-17-15-13-11-9-7-2/h8,10,14,16,20,22,26,28,32-33,35-36,39,41,45,47,68,72H,6-7,9,11-13,15,17-19,21,23-25,27,29-31,34,37-38,40,42-44,46,48-67H2,1-5H3/p+1/b10-8-,16-14-,22-20-,28-26-,33-32-,36-35-,41-39-,47-45-. The molecule has 0 radical (unpaired) electrons. The van der Waals surface area contributed by atoms with Crippen molar-refractivity contribution in [1.82, 2.24) is 0 Å². The predicted molar refractivity (Wildman–Crippen MR) is 345 cm³/mol. The van der Waals surface area contributed by atoms with Crippen LogP contribution < -0.4 is 0 Å². The second kappa shape index (κ2) is 62.3. The van der Waals surface area contributed by atoms with Crippen molar-refractivity contribution < 1.29 is 42.9 Å². The summed E-state index contributed by atoms with van der Waals surface area (Å²) in [6.07, 6.45) is 82.2. The van der Waals surface area contributed by atoms with Crippen molar-refractivity contribution in [3.8, 4) is 0 Å². The maximum Gasteiger partial charge on any atom is 0.361 e. The number of nitrogens with zero attached hydrogens (tertiary/aromatic N) is 1. The number of carboxylic acid groups (broad SMARTS) is 1. The van der Waals surface area contributed by atoms with Crippen LogP contribution in [-0.2, 0) is 33.3 Å². The van der Waals surface area contributed by atoms with Crippen LogP contribution in [0.3, 0.4) is 0 Å². The first-order chi connectivity index (χ1) is 39.6. The second-order valence-electron chi connectivity index (χ2n) is 23.4. The number of esters is 2. The van der Waals surface area contributed by atoms with Gasteiger partial charge in [-0.05, 0) is 77.0 Å². The van der Waals surface area contributed by atoms with E-state index in [1.165, 1.54) is 141 Å². The third-order valence-corrected chi connectivity index (χ3v) is 14.4. The fraction of sp³-hybridized carbons (Fsp3) is 0.736. The van der Waals surface area contributed by atoms with Gasteiger partial charge in [0.15, 0.2) is 6.10 Å². The monoisotopic (exact) mass is 1130 g/mol. The van der Waals surface area contributed by atoms with Gasteiger partial charge in [-0.25, -0.2) is 4.79 Å². The molecule has 2 unspecified atom stereocenters. The Bertz CT molecular complexity index is 1650. The van der Waals surface area contributed by atoms with Gasteiger partial charge in [-0.1, -0.05) is 291 Å². The Morgan fingerprint density at radius 2 is 0.704 bits per heavy atom. The Kier molecular flexibility index (Phi) is 59.3. The number of carbonyl (C=O) groups is 3. The van der Waals surface area contributed by atoms with Gasteiger partial charge in [0.1, 0.15) is 13.2 Å². The summed E-state index contributed by atoms with van der Waals surface area (Å²) in [7, 11) is 5.97. The molecule has 0 aliphatic heterocycles. The molecule has 0 saturated carbocycles. The molecule has 81 heavy (non-hydrogen) atoms.